The number of hydrogen-bond acceptors (Lipinski definition) is 4. The Balaban J connectivity index is 1.95. The number of carboxylic acids is 1. The van der Waals surface area contributed by atoms with Crippen LogP contribution in [0.15, 0.2) is 41.0 Å². The molecule has 3 rings (SSSR count). The number of carboxylic acid groups (broad SMARTS) is 1. The van der Waals surface area contributed by atoms with Crippen molar-refractivity contribution in [3.05, 3.63) is 52.6 Å². The molecule has 5 nitrogen and oxygen atoms in total. The molecule has 2 N–H and O–H groups in total. The average molecular weight is 301 g/mol. The molecule has 1 aromatic carbocycles. The normalized spacial score (nSPS) is 10.7. The van der Waals surface area contributed by atoms with Gasteiger partial charge in [0, 0.05) is 10.3 Å². The zero-order chi connectivity index (χ0) is 15.0. The van der Waals surface area contributed by atoms with E-state index in [0.29, 0.717) is 21.5 Å². The molecule has 106 valence electrons. The van der Waals surface area contributed by atoms with E-state index in [-0.39, 0.29) is 11.5 Å². The third-order valence-corrected chi connectivity index (χ3v) is 4.00. The lowest BCUT2D eigenvalue weighted by molar-refractivity contribution is 0.0698. The highest BCUT2D eigenvalue weighted by Gasteiger charge is 2.19. The smallest absolute Gasteiger partial charge is 0.338 e. The zero-order valence-electron chi connectivity index (χ0n) is 11.0. The van der Waals surface area contributed by atoms with Crippen molar-refractivity contribution in [2.75, 3.05) is 5.32 Å². The van der Waals surface area contributed by atoms with E-state index in [4.69, 9.17) is 9.52 Å². The number of fused-ring (bicyclic) bond motifs is 1. The number of aryl methyl sites for hydroxylation is 1. The fourth-order valence-electron chi connectivity index (χ4n) is 2.09. The number of para-hydroxylation sites is 1. The third-order valence-electron chi connectivity index (χ3n) is 3.04. The molecule has 0 saturated carbocycles. The van der Waals surface area contributed by atoms with E-state index in [9.17, 15) is 9.59 Å². The SMILES string of the molecule is Cc1cc(C(=O)O)c(NC(=O)c2coc3ccccc23)s1. The first-order chi connectivity index (χ1) is 10.1. The summed E-state index contributed by atoms with van der Waals surface area (Å²) in [5, 5.41) is 12.8. The van der Waals surface area contributed by atoms with Crippen molar-refractivity contribution in [3.8, 4) is 0 Å². The van der Waals surface area contributed by atoms with Crippen LogP contribution in [0.1, 0.15) is 25.6 Å². The van der Waals surface area contributed by atoms with Crippen molar-refractivity contribution in [2.24, 2.45) is 0 Å². The minimum Gasteiger partial charge on any atom is -0.478 e. The molecule has 0 bridgehead atoms. The average Bonchev–Trinajstić information content (AvgIpc) is 3.02. The molecule has 6 heteroatoms. The molecule has 1 amide bonds. The first kappa shape index (κ1) is 13.4. The van der Waals surface area contributed by atoms with Crippen LogP contribution in [-0.2, 0) is 0 Å². The Morgan fingerprint density at radius 2 is 2.00 bits per heavy atom. The van der Waals surface area contributed by atoms with Crippen LogP contribution in [0.4, 0.5) is 5.00 Å². The molecular formula is C15H11NO4S. The first-order valence-corrected chi connectivity index (χ1v) is 6.99. The Bertz CT molecular complexity index is 846. The standard InChI is InChI=1S/C15H11NO4S/c1-8-6-10(15(18)19)14(21-8)16-13(17)11-7-20-12-5-3-2-4-9(11)12/h2-7H,1H3,(H,16,17)(H,18,19). The predicted molar refractivity (Wildman–Crippen MR) is 80.2 cm³/mol. The lowest BCUT2D eigenvalue weighted by Gasteiger charge is -2.02. The summed E-state index contributed by atoms with van der Waals surface area (Å²) < 4.78 is 5.32. The number of carbonyl (C=O) groups is 2. The van der Waals surface area contributed by atoms with Crippen LogP contribution in [0.25, 0.3) is 11.0 Å². The summed E-state index contributed by atoms with van der Waals surface area (Å²) in [5.74, 6) is -1.45. The summed E-state index contributed by atoms with van der Waals surface area (Å²) in [6.45, 7) is 1.79. The van der Waals surface area contributed by atoms with Gasteiger partial charge in [-0.05, 0) is 19.1 Å². The topological polar surface area (TPSA) is 79.5 Å². The molecule has 3 aromatic rings. The Labute approximate surface area is 123 Å². The van der Waals surface area contributed by atoms with Gasteiger partial charge in [0.05, 0.1) is 11.1 Å². The number of hydrogen-bond donors (Lipinski definition) is 2. The number of rotatable bonds is 3. The van der Waals surface area contributed by atoms with E-state index in [1.54, 1.807) is 19.1 Å². The van der Waals surface area contributed by atoms with Gasteiger partial charge < -0.3 is 14.8 Å². The number of thiophene rings is 1. The summed E-state index contributed by atoms with van der Waals surface area (Å²) in [4.78, 5) is 24.3. The van der Waals surface area contributed by atoms with Crippen molar-refractivity contribution in [1.29, 1.82) is 0 Å². The Kier molecular flexibility index (Phi) is 3.23. The molecule has 21 heavy (non-hydrogen) atoms. The summed E-state index contributed by atoms with van der Waals surface area (Å²) >= 11 is 1.23. The van der Waals surface area contributed by atoms with Gasteiger partial charge in [-0.3, -0.25) is 4.79 Å². The molecule has 0 aliphatic rings. The number of carbonyl (C=O) groups excluding carboxylic acids is 1. The third kappa shape index (κ3) is 2.41. The molecule has 2 aromatic heterocycles. The van der Waals surface area contributed by atoms with Gasteiger partial charge in [-0.25, -0.2) is 4.79 Å². The number of anilines is 1. The van der Waals surface area contributed by atoms with Crippen LogP contribution in [-0.4, -0.2) is 17.0 Å². The van der Waals surface area contributed by atoms with E-state index < -0.39 is 5.97 Å². The van der Waals surface area contributed by atoms with Crippen molar-refractivity contribution in [3.63, 3.8) is 0 Å². The molecule has 0 spiro atoms. The fraction of sp³-hybridized carbons (Fsp3) is 0.0667. The fourth-order valence-corrected chi connectivity index (χ4v) is 2.99. The van der Waals surface area contributed by atoms with Crippen LogP contribution in [0.5, 0.6) is 0 Å². The van der Waals surface area contributed by atoms with Gasteiger partial charge in [0.15, 0.2) is 0 Å². The first-order valence-electron chi connectivity index (χ1n) is 6.17. The molecule has 0 atom stereocenters. The van der Waals surface area contributed by atoms with Gasteiger partial charge in [0.1, 0.15) is 16.8 Å². The Hall–Kier alpha value is -2.60. The minimum absolute atomic E-state index is 0.0960. The van der Waals surface area contributed by atoms with Crippen LogP contribution < -0.4 is 5.32 Å². The van der Waals surface area contributed by atoms with E-state index >= 15 is 0 Å². The number of amides is 1. The highest BCUT2D eigenvalue weighted by Crippen LogP contribution is 2.29. The Morgan fingerprint density at radius 3 is 2.76 bits per heavy atom. The second-order valence-electron chi connectivity index (χ2n) is 4.50. The molecule has 0 unspecified atom stereocenters. The molecule has 0 radical (unpaired) electrons. The zero-order valence-corrected chi connectivity index (χ0v) is 11.9. The maximum absolute atomic E-state index is 12.3. The second kappa shape index (κ2) is 5.06. The molecule has 2 heterocycles. The lowest BCUT2D eigenvalue weighted by atomic mass is 10.1. The lowest BCUT2D eigenvalue weighted by Crippen LogP contribution is -2.12. The van der Waals surface area contributed by atoms with E-state index in [1.165, 1.54) is 23.7 Å². The minimum atomic E-state index is -1.06. The molecule has 0 aliphatic carbocycles. The predicted octanol–water partition coefficient (Wildman–Crippen LogP) is 3.75. The number of nitrogens with one attached hydrogen (secondary N) is 1. The molecular weight excluding hydrogens is 290 g/mol. The van der Waals surface area contributed by atoms with Crippen LogP contribution in [0, 0.1) is 6.92 Å². The number of furan rings is 1. The van der Waals surface area contributed by atoms with Gasteiger partial charge in [-0.15, -0.1) is 11.3 Å². The summed E-state index contributed by atoms with van der Waals surface area (Å²) in [7, 11) is 0. The van der Waals surface area contributed by atoms with E-state index in [2.05, 4.69) is 5.32 Å². The number of aromatic carboxylic acids is 1. The van der Waals surface area contributed by atoms with Crippen LogP contribution >= 0.6 is 11.3 Å². The van der Waals surface area contributed by atoms with E-state index in [1.807, 2.05) is 12.1 Å². The monoisotopic (exact) mass is 301 g/mol. The van der Waals surface area contributed by atoms with Crippen molar-refractivity contribution in [2.45, 2.75) is 6.92 Å². The van der Waals surface area contributed by atoms with Gasteiger partial charge >= 0.3 is 5.97 Å². The molecule has 0 fully saturated rings. The quantitative estimate of drug-likeness (QED) is 0.772. The van der Waals surface area contributed by atoms with Gasteiger partial charge in [0.25, 0.3) is 5.91 Å². The van der Waals surface area contributed by atoms with Crippen LogP contribution in [0.2, 0.25) is 0 Å². The van der Waals surface area contributed by atoms with Crippen molar-refractivity contribution in [1.82, 2.24) is 0 Å². The molecule has 0 aliphatic heterocycles. The van der Waals surface area contributed by atoms with Gasteiger partial charge in [0.2, 0.25) is 0 Å². The van der Waals surface area contributed by atoms with Gasteiger partial charge in [-0.1, -0.05) is 18.2 Å². The van der Waals surface area contributed by atoms with Crippen molar-refractivity contribution >= 4 is 39.2 Å². The van der Waals surface area contributed by atoms with Crippen molar-refractivity contribution < 1.29 is 19.1 Å². The maximum atomic E-state index is 12.3. The molecule has 0 saturated heterocycles. The summed E-state index contributed by atoms with van der Waals surface area (Å²) in [5.41, 5.74) is 1.09. The van der Waals surface area contributed by atoms with Gasteiger partial charge in [-0.2, -0.15) is 0 Å². The highest BCUT2D eigenvalue weighted by atomic mass is 32.1. The Morgan fingerprint density at radius 1 is 1.24 bits per heavy atom. The number of benzene rings is 1. The highest BCUT2D eigenvalue weighted by molar-refractivity contribution is 7.16. The summed E-state index contributed by atoms with van der Waals surface area (Å²) in [6.07, 6.45) is 1.38. The maximum Gasteiger partial charge on any atom is 0.338 e. The van der Waals surface area contributed by atoms with Crippen LogP contribution in [0.3, 0.4) is 0 Å². The summed E-state index contributed by atoms with van der Waals surface area (Å²) in [6, 6.07) is 8.72. The largest absolute Gasteiger partial charge is 0.478 e. The van der Waals surface area contributed by atoms with E-state index in [0.717, 1.165) is 4.88 Å². The second-order valence-corrected chi connectivity index (χ2v) is 5.76.